The Bertz CT molecular complexity index is 789. The van der Waals surface area contributed by atoms with E-state index in [1.807, 2.05) is 43.0 Å². The Morgan fingerprint density at radius 3 is 2.79 bits per heavy atom. The molecular weight excluding hydrogens is 356 g/mol. The third kappa shape index (κ3) is 4.70. The third-order valence-electron chi connectivity index (χ3n) is 4.84. The molecule has 0 N–H and O–H groups in total. The fourth-order valence-corrected chi connectivity index (χ4v) is 3.69. The molecule has 0 radical (unpaired) electrons. The van der Waals surface area contributed by atoms with Crippen molar-refractivity contribution in [3.05, 3.63) is 41.5 Å². The van der Waals surface area contributed by atoms with Gasteiger partial charge in [-0.15, -0.1) is 0 Å². The van der Waals surface area contributed by atoms with Gasteiger partial charge in [0, 0.05) is 26.2 Å². The van der Waals surface area contributed by atoms with Crippen molar-refractivity contribution in [2.45, 2.75) is 40.2 Å². The van der Waals surface area contributed by atoms with Gasteiger partial charge >= 0.3 is 0 Å². The van der Waals surface area contributed by atoms with Crippen molar-refractivity contribution in [3.8, 4) is 5.75 Å². The monoisotopic (exact) mass is 386 g/mol. The normalized spacial score (nSPS) is 18.3. The van der Waals surface area contributed by atoms with Crippen LogP contribution in [0.25, 0.3) is 0 Å². The topological polar surface area (TPSA) is 71.7 Å². The van der Waals surface area contributed by atoms with Crippen molar-refractivity contribution in [2.24, 2.45) is 5.92 Å². The van der Waals surface area contributed by atoms with E-state index in [-0.39, 0.29) is 11.9 Å². The highest BCUT2D eigenvalue weighted by Gasteiger charge is 2.33. The number of hydrogen-bond acceptors (Lipinski definition) is 6. The molecule has 1 atom stereocenters. The average Bonchev–Trinajstić information content (AvgIpc) is 2.99. The second-order valence-corrected chi connectivity index (χ2v) is 7.62. The highest BCUT2D eigenvalue weighted by Crippen LogP contribution is 2.27. The van der Waals surface area contributed by atoms with Gasteiger partial charge in [-0.25, -0.2) is 0 Å². The molecule has 1 aliphatic heterocycles. The molecule has 1 unspecified atom stereocenters. The summed E-state index contributed by atoms with van der Waals surface area (Å²) >= 11 is 0. The minimum Gasteiger partial charge on any atom is -0.493 e. The van der Waals surface area contributed by atoms with Crippen molar-refractivity contribution in [1.29, 1.82) is 0 Å². The number of para-hydroxylation sites is 1. The Hall–Kier alpha value is -2.41. The van der Waals surface area contributed by atoms with E-state index in [0.717, 1.165) is 19.5 Å². The van der Waals surface area contributed by atoms with Gasteiger partial charge in [0.25, 0.3) is 5.91 Å². The molecule has 3 rings (SSSR count). The van der Waals surface area contributed by atoms with Crippen LogP contribution >= 0.6 is 0 Å². The average molecular weight is 386 g/mol. The van der Waals surface area contributed by atoms with Gasteiger partial charge in [-0.05, 0) is 38.3 Å². The number of nitrogens with zero attached hydrogens (tertiary/aromatic N) is 4. The van der Waals surface area contributed by atoms with Gasteiger partial charge < -0.3 is 14.2 Å². The van der Waals surface area contributed by atoms with Crippen molar-refractivity contribution in [1.82, 2.24) is 19.9 Å². The summed E-state index contributed by atoms with van der Waals surface area (Å²) in [5, 5.41) is 3.97. The molecule has 2 aromatic rings. The second kappa shape index (κ2) is 9.19. The number of aromatic nitrogens is 2. The van der Waals surface area contributed by atoms with Crippen LogP contribution < -0.4 is 4.74 Å². The number of aryl methyl sites for hydroxylation is 1. The van der Waals surface area contributed by atoms with Gasteiger partial charge in [-0.1, -0.05) is 31.1 Å². The number of rotatable bonds is 6. The summed E-state index contributed by atoms with van der Waals surface area (Å²) in [6.07, 6.45) is 0.902. The molecule has 0 bridgehead atoms. The number of hydrogen-bond donors (Lipinski definition) is 0. The molecule has 1 aliphatic rings. The molecular formula is C21H30N4O3. The summed E-state index contributed by atoms with van der Waals surface area (Å²) in [4.78, 5) is 22.0. The Kier molecular flexibility index (Phi) is 6.67. The van der Waals surface area contributed by atoms with Gasteiger partial charge in [0.2, 0.25) is 5.89 Å². The zero-order valence-corrected chi connectivity index (χ0v) is 17.2. The molecule has 1 aromatic heterocycles. The lowest BCUT2D eigenvalue weighted by molar-refractivity contribution is 0.0704. The number of carbonyl (C=O) groups is 1. The zero-order chi connectivity index (χ0) is 20.1. The third-order valence-corrected chi connectivity index (χ3v) is 4.84. The van der Waals surface area contributed by atoms with Gasteiger partial charge in [-0.3, -0.25) is 9.69 Å². The molecule has 0 saturated carbocycles. The maximum absolute atomic E-state index is 13.3. The lowest BCUT2D eigenvalue weighted by Crippen LogP contribution is -2.39. The minimum absolute atomic E-state index is 0.0170. The molecule has 7 nitrogen and oxygen atoms in total. The molecule has 1 amide bonds. The predicted octanol–water partition coefficient (Wildman–Crippen LogP) is 3.32. The van der Waals surface area contributed by atoms with Gasteiger partial charge in [0.1, 0.15) is 11.8 Å². The van der Waals surface area contributed by atoms with Crippen LogP contribution in [-0.2, 0) is 0 Å². The van der Waals surface area contributed by atoms with Gasteiger partial charge in [0.15, 0.2) is 5.82 Å². The smallest absolute Gasteiger partial charge is 0.257 e. The number of carbonyl (C=O) groups excluding carboxylic acids is 1. The van der Waals surface area contributed by atoms with Crippen LogP contribution in [0.5, 0.6) is 5.75 Å². The fourth-order valence-electron chi connectivity index (χ4n) is 3.69. The van der Waals surface area contributed by atoms with Crippen LogP contribution in [-0.4, -0.2) is 58.6 Å². The molecule has 7 heteroatoms. The summed E-state index contributed by atoms with van der Waals surface area (Å²) in [6, 6.07) is 7.33. The highest BCUT2D eigenvalue weighted by atomic mass is 16.5. The van der Waals surface area contributed by atoms with E-state index in [4.69, 9.17) is 9.26 Å². The summed E-state index contributed by atoms with van der Waals surface area (Å²) in [6.45, 7) is 11.7. The Balaban J connectivity index is 1.87. The lowest BCUT2D eigenvalue weighted by atomic mass is 10.1. The van der Waals surface area contributed by atoms with E-state index >= 15 is 0 Å². The van der Waals surface area contributed by atoms with Gasteiger partial charge in [-0.2, -0.15) is 4.98 Å². The van der Waals surface area contributed by atoms with Crippen LogP contribution in [0, 0.1) is 12.8 Å². The van der Waals surface area contributed by atoms with E-state index in [1.54, 1.807) is 0 Å². The van der Waals surface area contributed by atoms with E-state index in [1.165, 1.54) is 0 Å². The molecule has 1 saturated heterocycles. The van der Waals surface area contributed by atoms with Crippen molar-refractivity contribution >= 4 is 5.91 Å². The molecule has 2 heterocycles. The fraction of sp³-hybridized carbons (Fsp3) is 0.571. The summed E-state index contributed by atoms with van der Waals surface area (Å²) in [5.74, 6) is 2.31. The molecule has 1 aromatic carbocycles. The molecule has 0 spiro atoms. The Morgan fingerprint density at radius 1 is 1.32 bits per heavy atom. The van der Waals surface area contributed by atoms with Crippen LogP contribution in [0.2, 0.25) is 0 Å². The number of amides is 1. The second-order valence-electron chi connectivity index (χ2n) is 7.62. The Labute approximate surface area is 166 Å². The quantitative estimate of drug-likeness (QED) is 0.758. The minimum atomic E-state index is -0.102. The van der Waals surface area contributed by atoms with E-state index in [2.05, 4.69) is 28.9 Å². The zero-order valence-electron chi connectivity index (χ0n) is 17.2. The number of ether oxygens (including phenoxy) is 1. The predicted molar refractivity (Wildman–Crippen MR) is 106 cm³/mol. The summed E-state index contributed by atoms with van der Waals surface area (Å²) < 4.78 is 11.2. The largest absolute Gasteiger partial charge is 0.493 e. The van der Waals surface area contributed by atoms with E-state index < -0.39 is 0 Å². The molecule has 152 valence electrons. The van der Waals surface area contributed by atoms with Crippen molar-refractivity contribution < 1.29 is 14.1 Å². The van der Waals surface area contributed by atoms with Crippen LogP contribution in [0.4, 0.5) is 0 Å². The van der Waals surface area contributed by atoms with Crippen LogP contribution in [0.1, 0.15) is 55.3 Å². The maximum Gasteiger partial charge on any atom is 0.257 e. The molecule has 28 heavy (non-hydrogen) atoms. The van der Waals surface area contributed by atoms with Crippen molar-refractivity contribution in [3.63, 3.8) is 0 Å². The lowest BCUT2D eigenvalue weighted by Gasteiger charge is -2.30. The van der Waals surface area contributed by atoms with E-state index in [0.29, 0.717) is 48.6 Å². The highest BCUT2D eigenvalue weighted by molar-refractivity contribution is 5.97. The first-order chi connectivity index (χ1) is 13.5. The van der Waals surface area contributed by atoms with E-state index in [9.17, 15) is 4.79 Å². The molecule has 0 aliphatic carbocycles. The Morgan fingerprint density at radius 2 is 2.11 bits per heavy atom. The summed E-state index contributed by atoms with van der Waals surface area (Å²) in [7, 11) is 0. The maximum atomic E-state index is 13.3. The van der Waals surface area contributed by atoms with Crippen LogP contribution in [0.3, 0.4) is 0 Å². The first-order valence-electron chi connectivity index (χ1n) is 10.0. The SMILES string of the molecule is CCOc1ccccc1C(=O)N1CCCN(CC(C)C)C(c2nc(C)no2)C1. The van der Waals surface area contributed by atoms with Gasteiger partial charge in [0.05, 0.1) is 12.2 Å². The number of benzene rings is 1. The van der Waals surface area contributed by atoms with Crippen LogP contribution in [0.15, 0.2) is 28.8 Å². The first-order valence-corrected chi connectivity index (χ1v) is 10.0. The standard InChI is InChI=1S/C21H30N4O3/c1-5-27-19-10-7-6-9-17(19)21(26)25-12-8-11-24(13-15(2)3)18(14-25)20-22-16(4)23-28-20/h6-7,9-10,15,18H,5,8,11-14H2,1-4H3. The summed E-state index contributed by atoms with van der Waals surface area (Å²) in [5.41, 5.74) is 0.599. The first kappa shape index (κ1) is 20.3. The molecule has 1 fully saturated rings. The van der Waals surface area contributed by atoms with Crippen molar-refractivity contribution in [2.75, 3.05) is 32.8 Å².